The van der Waals surface area contributed by atoms with E-state index in [1.807, 2.05) is 25.4 Å². The van der Waals surface area contributed by atoms with Gasteiger partial charge in [-0.1, -0.05) is 45.3 Å². The molecule has 19 atom stereocenters. The SMILES string of the molecule is CC1CCC2=CCC3C(C)CC(O)C(C)(O)C4C(CC#CC(C5COC(=O)C5c5cc[nH]c5)CC3C2C1)CC1(O)C2=CC(=O)C3CC(O)C(O)CC3(C)C2CCC41C. The van der Waals surface area contributed by atoms with Crippen LogP contribution < -0.4 is 0 Å². The quantitative estimate of drug-likeness (QED) is 0.116. The lowest BCUT2D eigenvalue weighted by molar-refractivity contribution is -0.182. The molecule has 6 N–H and O–H groups in total. The summed E-state index contributed by atoms with van der Waals surface area (Å²) in [4.78, 5) is 30.6. The molecule has 316 valence electrons. The minimum atomic E-state index is -1.56. The highest BCUT2D eigenvalue weighted by molar-refractivity contribution is 5.95. The van der Waals surface area contributed by atoms with E-state index in [9.17, 15) is 35.1 Å². The van der Waals surface area contributed by atoms with Crippen LogP contribution in [0.4, 0.5) is 0 Å². The van der Waals surface area contributed by atoms with E-state index in [0.717, 1.165) is 31.2 Å². The van der Waals surface area contributed by atoms with E-state index < -0.39 is 58.1 Å². The molecule has 1 aliphatic heterocycles. The van der Waals surface area contributed by atoms with Crippen LogP contribution in [0.15, 0.2) is 41.8 Å². The molecule has 9 heteroatoms. The van der Waals surface area contributed by atoms with Gasteiger partial charge in [-0.2, -0.15) is 0 Å². The summed E-state index contributed by atoms with van der Waals surface area (Å²) in [5.41, 5.74) is -1.33. The number of fused-ring (bicyclic) bond motifs is 10. The van der Waals surface area contributed by atoms with Crippen molar-refractivity contribution in [1.82, 2.24) is 4.98 Å². The molecule has 19 unspecified atom stereocenters. The van der Waals surface area contributed by atoms with E-state index >= 15 is 0 Å². The summed E-state index contributed by atoms with van der Waals surface area (Å²) in [6, 6.07) is 1.97. The summed E-state index contributed by atoms with van der Waals surface area (Å²) in [5, 5.41) is 60.2. The van der Waals surface area contributed by atoms with Gasteiger partial charge in [-0.25, -0.2) is 0 Å². The Bertz CT molecular complexity index is 1910. The number of allylic oxidation sites excluding steroid dienone is 3. The van der Waals surface area contributed by atoms with Crippen molar-refractivity contribution < 1.29 is 39.9 Å². The van der Waals surface area contributed by atoms with E-state index in [1.54, 1.807) is 18.6 Å². The van der Waals surface area contributed by atoms with Crippen molar-refractivity contribution in [3.8, 4) is 11.8 Å². The van der Waals surface area contributed by atoms with Crippen molar-refractivity contribution in [1.29, 1.82) is 0 Å². The number of aliphatic hydroxyl groups is 5. The third-order valence-corrected chi connectivity index (χ3v) is 18.5. The van der Waals surface area contributed by atoms with Crippen LogP contribution in [-0.2, 0) is 14.3 Å². The Morgan fingerprint density at radius 2 is 1.71 bits per heavy atom. The number of ketones is 1. The number of aromatic amines is 1. The van der Waals surface area contributed by atoms with Gasteiger partial charge in [0.25, 0.3) is 0 Å². The molecule has 0 bridgehead atoms. The highest BCUT2D eigenvalue weighted by Crippen LogP contribution is 2.70. The first-order chi connectivity index (χ1) is 27.5. The van der Waals surface area contributed by atoms with Gasteiger partial charge >= 0.3 is 5.97 Å². The van der Waals surface area contributed by atoms with Crippen molar-refractivity contribution in [2.24, 2.45) is 75.9 Å². The van der Waals surface area contributed by atoms with Crippen molar-refractivity contribution in [2.75, 3.05) is 6.61 Å². The number of hydrogen-bond donors (Lipinski definition) is 6. The van der Waals surface area contributed by atoms with Crippen LogP contribution in [0.25, 0.3) is 0 Å². The number of H-pyrrole nitrogens is 1. The Morgan fingerprint density at radius 3 is 2.47 bits per heavy atom. The van der Waals surface area contributed by atoms with Gasteiger partial charge in [0.05, 0.1) is 42.0 Å². The molecule has 9 nitrogen and oxygen atoms in total. The summed E-state index contributed by atoms with van der Waals surface area (Å²) < 4.78 is 5.85. The lowest BCUT2D eigenvalue weighted by Crippen LogP contribution is -2.63. The van der Waals surface area contributed by atoms with E-state index in [2.05, 4.69) is 43.7 Å². The minimum Gasteiger partial charge on any atom is -0.465 e. The van der Waals surface area contributed by atoms with Crippen LogP contribution in [0.5, 0.6) is 0 Å². The normalized spacial score (nSPS) is 51.6. The number of carbonyl (C=O) groups is 2. The first-order valence-electron chi connectivity index (χ1n) is 22.7. The molecule has 0 aromatic carbocycles. The Morgan fingerprint density at radius 1 is 0.914 bits per heavy atom. The molecule has 8 aliphatic rings. The Kier molecular flexibility index (Phi) is 10.1. The fourth-order valence-corrected chi connectivity index (χ4v) is 15.4. The molecule has 5 fully saturated rings. The molecule has 1 aromatic rings. The number of hydrogen-bond acceptors (Lipinski definition) is 8. The first kappa shape index (κ1) is 40.7. The van der Waals surface area contributed by atoms with E-state index in [1.165, 1.54) is 6.42 Å². The van der Waals surface area contributed by atoms with Crippen molar-refractivity contribution in [3.05, 3.63) is 47.3 Å². The second-order valence-electron chi connectivity index (χ2n) is 21.5. The summed E-state index contributed by atoms with van der Waals surface area (Å²) in [5.74, 6) is 6.73. The number of rotatable bonds is 2. The Balaban J connectivity index is 1.13. The molecule has 0 spiro atoms. The number of aliphatic hydroxyl groups excluding tert-OH is 3. The zero-order chi connectivity index (χ0) is 41.1. The van der Waals surface area contributed by atoms with Crippen LogP contribution in [0, 0.1) is 87.8 Å². The van der Waals surface area contributed by atoms with Gasteiger partial charge in [-0.3, -0.25) is 9.59 Å². The van der Waals surface area contributed by atoms with Crippen LogP contribution in [0.2, 0.25) is 0 Å². The van der Waals surface area contributed by atoms with Gasteiger partial charge in [-0.15, -0.1) is 5.92 Å². The van der Waals surface area contributed by atoms with Crippen LogP contribution in [-0.4, -0.2) is 78.4 Å². The predicted octanol–water partition coefficient (Wildman–Crippen LogP) is 6.25. The maximum atomic E-state index is 14.0. The Labute approximate surface area is 344 Å². The van der Waals surface area contributed by atoms with Gasteiger partial charge in [0, 0.05) is 47.9 Å². The van der Waals surface area contributed by atoms with Crippen LogP contribution in [0.1, 0.15) is 123 Å². The average Bonchev–Trinajstić information content (AvgIpc) is 3.88. The Hall–Kier alpha value is -2.74. The van der Waals surface area contributed by atoms with E-state index in [-0.39, 0.29) is 60.1 Å². The van der Waals surface area contributed by atoms with Gasteiger partial charge < -0.3 is 35.3 Å². The van der Waals surface area contributed by atoms with Gasteiger partial charge in [0.2, 0.25) is 0 Å². The highest BCUT2D eigenvalue weighted by Gasteiger charge is 2.71. The zero-order valence-corrected chi connectivity index (χ0v) is 35.2. The number of nitrogens with one attached hydrogen (secondary N) is 1. The standard InChI is InChI=1S/C49H67NO8/c1-26-9-10-28-11-12-32-27(2)18-42(54)48(5,56)44-30(8-6-7-29(19-34(32)33(28)17-26)35-25-58-45(55)43(35)31-14-16-50-24-31)22-49(57)37-20-39(51)38-21-40(52)41(53)23-46(38,3)36(37)13-15-47(44,49)4/h11,14,16,20,24,26-27,29-30,32-36,38,40-44,50,52-54,56-57H,8-10,12-13,15,17-19,21-23,25H2,1-5H3. The summed E-state index contributed by atoms with van der Waals surface area (Å²) in [7, 11) is 0. The molecule has 7 aliphatic carbocycles. The van der Waals surface area contributed by atoms with Gasteiger partial charge in [0.1, 0.15) is 0 Å². The number of carbonyl (C=O) groups excluding carboxylic acids is 2. The van der Waals surface area contributed by atoms with Crippen molar-refractivity contribution >= 4 is 11.8 Å². The fraction of sp³-hybridized carbons (Fsp3) is 0.755. The lowest BCUT2D eigenvalue weighted by atomic mass is 9.45. The fourth-order valence-electron chi connectivity index (χ4n) is 15.4. The van der Waals surface area contributed by atoms with Crippen molar-refractivity contribution in [2.45, 2.75) is 147 Å². The molecule has 9 rings (SSSR count). The van der Waals surface area contributed by atoms with Gasteiger partial charge in [-0.05, 0) is 148 Å². The summed E-state index contributed by atoms with van der Waals surface area (Å²) in [6.45, 7) is 10.8. The first-order valence-corrected chi connectivity index (χ1v) is 22.7. The third kappa shape index (κ3) is 6.11. The average molecular weight is 798 g/mol. The second kappa shape index (κ2) is 14.4. The zero-order valence-electron chi connectivity index (χ0n) is 35.2. The smallest absolute Gasteiger partial charge is 0.313 e. The third-order valence-electron chi connectivity index (χ3n) is 18.5. The lowest BCUT2D eigenvalue weighted by Gasteiger charge is -2.60. The predicted molar refractivity (Wildman–Crippen MR) is 218 cm³/mol. The summed E-state index contributed by atoms with van der Waals surface area (Å²) >= 11 is 0. The minimum absolute atomic E-state index is 0.0868. The molecule has 2 heterocycles. The molecule has 1 saturated heterocycles. The topological polar surface area (TPSA) is 160 Å². The number of aromatic nitrogens is 1. The molecule has 1 aromatic heterocycles. The maximum absolute atomic E-state index is 14.0. The number of ether oxygens (including phenoxy) is 1. The largest absolute Gasteiger partial charge is 0.465 e. The maximum Gasteiger partial charge on any atom is 0.313 e. The molecule has 0 radical (unpaired) electrons. The molecule has 58 heavy (non-hydrogen) atoms. The van der Waals surface area contributed by atoms with Crippen LogP contribution >= 0.6 is 0 Å². The number of cyclic esters (lactones) is 1. The van der Waals surface area contributed by atoms with E-state index in [0.29, 0.717) is 62.0 Å². The highest BCUT2D eigenvalue weighted by atomic mass is 16.5. The monoisotopic (exact) mass is 797 g/mol. The molecule has 0 amide bonds. The number of esters is 1. The molecular formula is C49H67NO8. The molecule has 4 saturated carbocycles. The van der Waals surface area contributed by atoms with Crippen LogP contribution in [0.3, 0.4) is 0 Å². The summed E-state index contributed by atoms with van der Waals surface area (Å²) in [6.07, 6.45) is 13.0. The second-order valence-corrected chi connectivity index (χ2v) is 21.5. The molecular weight excluding hydrogens is 731 g/mol. The van der Waals surface area contributed by atoms with Crippen molar-refractivity contribution in [3.63, 3.8) is 0 Å². The van der Waals surface area contributed by atoms with Gasteiger partial charge in [0.15, 0.2) is 5.78 Å². The van der Waals surface area contributed by atoms with E-state index in [4.69, 9.17) is 4.74 Å².